The van der Waals surface area contributed by atoms with Gasteiger partial charge in [-0.2, -0.15) is 17.0 Å². The second kappa shape index (κ2) is 5.23. The van der Waals surface area contributed by atoms with Crippen LogP contribution >= 0.6 is 11.8 Å². The van der Waals surface area contributed by atoms with Crippen molar-refractivity contribution in [2.24, 2.45) is 5.41 Å². The van der Waals surface area contributed by atoms with Crippen LogP contribution in [-0.4, -0.2) is 24.1 Å². The largest absolute Gasteiger partial charge is 0.315 e. The summed E-state index contributed by atoms with van der Waals surface area (Å²) >= 11 is 2.12. The molecule has 1 saturated carbocycles. The molecule has 2 aliphatic rings. The van der Waals surface area contributed by atoms with Crippen molar-refractivity contribution in [2.45, 2.75) is 43.8 Å². The first-order chi connectivity index (χ1) is 7.35. The molecule has 15 heavy (non-hydrogen) atoms. The molecular formula is C12H20N2S. The zero-order chi connectivity index (χ0) is 10.6. The monoisotopic (exact) mass is 224 g/mol. The van der Waals surface area contributed by atoms with Gasteiger partial charge in [0.05, 0.1) is 6.07 Å². The second-order valence-electron chi connectivity index (χ2n) is 4.95. The van der Waals surface area contributed by atoms with E-state index in [-0.39, 0.29) is 0 Å². The first-order valence-corrected chi connectivity index (χ1v) is 7.09. The Morgan fingerprint density at radius 2 is 2.27 bits per heavy atom. The van der Waals surface area contributed by atoms with Gasteiger partial charge in [-0.3, -0.25) is 0 Å². The molecule has 0 spiro atoms. The van der Waals surface area contributed by atoms with Crippen molar-refractivity contribution >= 4 is 11.8 Å². The quantitative estimate of drug-likeness (QED) is 0.779. The normalized spacial score (nSPS) is 28.3. The van der Waals surface area contributed by atoms with Gasteiger partial charge in [-0.1, -0.05) is 6.42 Å². The summed E-state index contributed by atoms with van der Waals surface area (Å²) in [6.45, 7) is 2.22. The van der Waals surface area contributed by atoms with E-state index in [1.54, 1.807) is 0 Å². The van der Waals surface area contributed by atoms with Gasteiger partial charge in [0.1, 0.15) is 0 Å². The van der Waals surface area contributed by atoms with Crippen molar-refractivity contribution in [3.05, 3.63) is 0 Å². The molecule has 0 amide bonds. The third kappa shape index (κ3) is 3.39. The fraction of sp³-hybridized carbons (Fsp3) is 0.917. The van der Waals surface area contributed by atoms with Crippen molar-refractivity contribution < 1.29 is 0 Å². The third-order valence-corrected chi connectivity index (χ3v) is 4.96. The molecular weight excluding hydrogens is 204 g/mol. The molecule has 0 bridgehead atoms. The molecule has 1 atom stereocenters. The summed E-state index contributed by atoms with van der Waals surface area (Å²) in [5.41, 5.74) is 0.369. The van der Waals surface area contributed by atoms with E-state index in [2.05, 4.69) is 23.1 Å². The lowest BCUT2D eigenvalue weighted by molar-refractivity contribution is 0.460. The van der Waals surface area contributed by atoms with Crippen molar-refractivity contribution in [3.8, 4) is 6.07 Å². The zero-order valence-corrected chi connectivity index (χ0v) is 10.1. The van der Waals surface area contributed by atoms with Crippen LogP contribution in [0.1, 0.15) is 38.5 Å². The first kappa shape index (κ1) is 11.3. The van der Waals surface area contributed by atoms with E-state index in [1.165, 1.54) is 37.9 Å². The fourth-order valence-corrected chi connectivity index (χ4v) is 3.50. The summed E-state index contributed by atoms with van der Waals surface area (Å²) in [6.07, 6.45) is 7.44. The molecule has 2 rings (SSSR count). The molecule has 0 aromatic rings. The van der Waals surface area contributed by atoms with Crippen LogP contribution in [-0.2, 0) is 0 Å². The van der Waals surface area contributed by atoms with Crippen LogP contribution in [0.4, 0.5) is 0 Å². The van der Waals surface area contributed by atoms with E-state index in [0.717, 1.165) is 24.8 Å². The third-order valence-electron chi connectivity index (χ3n) is 3.56. The molecule has 2 fully saturated rings. The fourth-order valence-electron chi connectivity index (χ4n) is 2.23. The standard InChI is InChI=1S/C12H20N2S/c13-7-6-12(4-5-12)10-14-9-11-3-1-2-8-15-11/h11,14H,1-6,8-10H2. The van der Waals surface area contributed by atoms with Crippen molar-refractivity contribution in [2.75, 3.05) is 18.8 Å². The van der Waals surface area contributed by atoms with E-state index >= 15 is 0 Å². The Balaban J connectivity index is 1.60. The topological polar surface area (TPSA) is 35.8 Å². The molecule has 84 valence electrons. The van der Waals surface area contributed by atoms with Gasteiger partial charge < -0.3 is 5.32 Å². The molecule has 1 N–H and O–H groups in total. The second-order valence-corrected chi connectivity index (χ2v) is 6.36. The number of thioether (sulfide) groups is 1. The number of hydrogen-bond acceptors (Lipinski definition) is 3. The number of nitrogens with zero attached hydrogens (tertiary/aromatic N) is 1. The lowest BCUT2D eigenvalue weighted by Crippen LogP contribution is -2.31. The predicted octanol–water partition coefficient (Wildman–Crippen LogP) is 2.56. The average molecular weight is 224 g/mol. The SMILES string of the molecule is N#CCC1(CNCC2CCCCS2)CC1. The molecule has 2 nitrogen and oxygen atoms in total. The maximum Gasteiger partial charge on any atom is 0.0628 e. The molecule has 1 saturated heterocycles. The van der Waals surface area contributed by atoms with Crippen molar-refractivity contribution in [3.63, 3.8) is 0 Å². The molecule has 1 heterocycles. The van der Waals surface area contributed by atoms with E-state index in [4.69, 9.17) is 5.26 Å². The van der Waals surface area contributed by atoms with E-state index < -0.39 is 0 Å². The molecule has 0 aromatic heterocycles. The Labute approximate surface area is 96.8 Å². The molecule has 0 radical (unpaired) electrons. The van der Waals surface area contributed by atoms with Gasteiger partial charge >= 0.3 is 0 Å². The minimum absolute atomic E-state index is 0.369. The van der Waals surface area contributed by atoms with E-state index in [9.17, 15) is 0 Å². The number of hydrogen-bond donors (Lipinski definition) is 1. The Kier molecular flexibility index (Phi) is 3.93. The first-order valence-electron chi connectivity index (χ1n) is 6.04. The molecule has 1 aliphatic heterocycles. The van der Waals surface area contributed by atoms with Crippen molar-refractivity contribution in [1.82, 2.24) is 5.32 Å². The minimum atomic E-state index is 0.369. The Morgan fingerprint density at radius 3 is 2.87 bits per heavy atom. The van der Waals surface area contributed by atoms with Crippen LogP contribution in [0.5, 0.6) is 0 Å². The van der Waals surface area contributed by atoms with Gasteiger partial charge in [0.15, 0.2) is 0 Å². The smallest absolute Gasteiger partial charge is 0.0628 e. The minimum Gasteiger partial charge on any atom is -0.315 e. The summed E-state index contributed by atoms with van der Waals surface area (Å²) in [5.74, 6) is 1.34. The highest BCUT2D eigenvalue weighted by atomic mass is 32.2. The average Bonchev–Trinajstić information content (AvgIpc) is 3.00. The van der Waals surface area contributed by atoms with Crippen molar-refractivity contribution in [1.29, 1.82) is 5.26 Å². The number of nitrogens with one attached hydrogen (secondary N) is 1. The molecule has 3 heteroatoms. The van der Waals surface area contributed by atoms with E-state index in [1.807, 2.05) is 0 Å². The zero-order valence-electron chi connectivity index (χ0n) is 9.30. The Bertz CT molecular complexity index is 236. The summed E-state index contributed by atoms with van der Waals surface area (Å²) in [6, 6.07) is 2.31. The summed E-state index contributed by atoms with van der Waals surface area (Å²) in [5, 5.41) is 13.1. The van der Waals surface area contributed by atoms with Crippen LogP contribution in [0, 0.1) is 16.7 Å². The van der Waals surface area contributed by atoms with Crippen LogP contribution < -0.4 is 5.32 Å². The van der Waals surface area contributed by atoms with Gasteiger partial charge in [0.25, 0.3) is 0 Å². The maximum atomic E-state index is 8.71. The van der Waals surface area contributed by atoms with Gasteiger partial charge in [-0.05, 0) is 36.9 Å². The van der Waals surface area contributed by atoms with Crippen LogP contribution in [0.2, 0.25) is 0 Å². The predicted molar refractivity (Wildman–Crippen MR) is 64.9 cm³/mol. The molecule has 0 aromatic carbocycles. The Morgan fingerprint density at radius 1 is 1.40 bits per heavy atom. The molecule has 1 unspecified atom stereocenters. The Hall–Kier alpha value is -0.200. The summed E-state index contributed by atoms with van der Waals surface area (Å²) in [4.78, 5) is 0. The lowest BCUT2D eigenvalue weighted by atomic mass is 10.0. The van der Waals surface area contributed by atoms with E-state index in [0.29, 0.717) is 5.41 Å². The van der Waals surface area contributed by atoms with Gasteiger partial charge in [-0.15, -0.1) is 0 Å². The summed E-state index contributed by atoms with van der Waals surface area (Å²) in [7, 11) is 0. The number of rotatable bonds is 5. The van der Waals surface area contributed by atoms with Crippen LogP contribution in [0.25, 0.3) is 0 Å². The highest BCUT2D eigenvalue weighted by molar-refractivity contribution is 7.99. The van der Waals surface area contributed by atoms with Gasteiger partial charge in [-0.25, -0.2) is 0 Å². The maximum absolute atomic E-state index is 8.71. The van der Waals surface area contributed by atoms with Crippen LogP contribution in [0.3, 0.4) is 0 Å². The molecule has 1 aliphatic carbocycles. The number of nitriles is 1. The van der Waals surface area contributed by atoms with Crippen LogP contribution in [0.15, 0.2) is 0 Å². The lowest BCUT2D eigenvalue weighted by Gasteiger charge is -2.22. The highest BCUT2D eigenvalue weighted by Crippen LogP contribution is 2.47. The summed E-state index contributed by atoms with van der Waals surface area (Å²) < 4.78 is 0. The van der Waals surface area contributed by atoms with Gasteiger partial charge in [0.2, 0.25) is 0 Å². The van der Waals surface area contributed by atoms with Gasteiger partial charge in [0, 0.05) is 24.8 Å². The highest BCUT2D eigenvalue weighted by Gasteiger charge is 2.41.